The van der Waals surface area contributed by atoms with Gasteiger partial charge in [-0.05, 0) is 36.4 Å². The molecule has 0 aliphatic carbocycles. The number of halogens is 2. The standard InChI is InChI=1S/C20H16ClFO5/c21-15-3-1-4-16(22)14(15)6-8-20(24)27-12-17(23)13-5-7-18-19(11-13)26-10-2-9-25-18/h1,3-8,11H,2,9-10,12H2. The minimum absolute atomic E-state index is 0.0744. The number of hydrogen-bond acceptors (Lipinski definition) is 5. The second kappa shape index (κ2) is 8.68. The SMILES string of the molecule is O=C(C=Cc1c(F)cccc1Cl)OCC(=O)c1ccc2c(c1)OCCCO2. The normalized spacial score (nSPS) is 13.3. The molecule has 0 aromatic heterocycles. The Morgan fingerprint density at radius 2 is 1.93 bits per heavy atom. The Balaban J connectivity index is 1.59. The molecule has 0 spiro atoms. The van der Waals surface area contributed by atoms with Gasteiger partial charge in [0.05, 0.1) is 18.2 Å². The second-order valence-electron chi connectivity index (χ2n) is 5.71. The van der Waals surface area contributed by atoms with E-state index in [2.05, 4.69) is 0 Å². The molecule has 1 heterocycles. The van der Waals surface area contributed by atoms with Crippen LogP contribution in [0.5, 0.6) is 11.5 Å². The van der Waals surface area contributed by atoms with Gasteiger partial charge in [0.1, 0.15) is 5.82 Å². The number of carbonyl (C=O) groups is 2. The Morgan fingerprint density at radius 1 is 1.15 bits per heavy atom. The maximum absolute atomic E-state index is 13.6. The minimum atomic E-state index is -0.781. The van der Waals surface area contributed by atoms with Gasteiger partial charge in [-0.25, -0.2) is 9.18 Å². The highest BCUT2D eigenvalue weighted by Gasteiger charge is 2.15. The monoisotopic (exact) mass is 390 g/mol. The van der Waals surface area contributed by atoms with Crippen molar-refractivity contribution in [1.82, 2.24) is 0 Å². The zero-order chi connectivity index (χ0) is 19.2. The fraction of sp³-hybridized carbons (Fsp3) is 0.200. The molecule has 27 heavy (non-hydrogen) atoms. The van der Waals surface area contributed by atoms with Crippen LogP contribution >= 0.6 is 11.6 Å². The van der Waals surface area contributed by atoms with Gasteiger partial charge in [-0.1, -0.05) is 17.7 Å². The fourth-order valence-corrected chi connectivity index (χ4v) is 2.65. The van der Waals surface area contributed by atoms with Crippen LogP contribution in [0.3, 0.4) is 0 Å². The quantitative estimate of drug-likeness (QED) is 0.437. The number of carbonyl (C=O) groups excluding carboxylic acids is 2. The van der Waals surface area contributed by atoms with Gasteiger partial charge in [0.15, 0.2) is 23.9 Å². The molecule has 2 aromatic carbocycles. The number of benzene rings is 2. The maximum Gasteiger partial charge on any atom is 0.331 e. The van der Waals surface area contributed by atoms with E-state index in [0.29, 0.717) is 30.3 Å². The molecule has 0 saturated heterocycles. The van der Waals surface area contributed by atoms with Crippen LogP contribution in [0.4, 0.5) is 4.39 Å². The topological polar surface area (TPSA) is 61.8 Å². The van der Waals surface area contributed by atoms with E-state index in [1.807, 2.05) is 0 Å². The van der Waals surface area contributed by atoms with Gasteiger partial charge < -0.3 is 14.2 Å². The molecular weight excluding hydrogens is 375 g/mol. The van der Waals surface area contributed by atoms with Crippen LogP contribution in [0.25, 0.3) is 6.08 Å². The number of rotatable bonds is 5. The van der Waals surface area contributed by atoms with Gasteiger partial charge >= 0.3 is 5.97 Å². The molecule has 1 aliphatic heterocycles. The highest BCUT2D eigenvalue weighted by molar-refractivity contribution is 6.32. The van der Waals surface area contributed by atoms with Crippen LogP contribution in [0, 0.1) is 5.82 Å². The molecular formula is C20H16ClFO5. The first kappa shape index (κ1) is 18.9. The van der Waals surface area contributed by atoms with Crippen LogP contribution < -0.4 is 9.47 Å². The lowest BCUT2D eigenvalue weighted by Gasteiger charge is -2.09. The Morgan fingerprint density at radius 3 is 2.70 bits per heavy atom. The fourth-order valence-electron chi connectivity index (χ4n) is 2.43. The third kappa shape index (κ3) is 4.86. The Hall–Kier alpha value is -2.86. The van der Waals surface area contributed by atoms with Gasteiger partial charge in [-0.3, -0.25) is 4.79 Å². The van der Waals surface area contributed by atoms with Gasteiger partial charge in [0, 0.05) is 23.6 Å². The molecule has 5 nitrogen and oxygen atoms in total. The average molecular weight is 391 g/mol. The number of esters is 1. The van der Waals surface area contributed by atoms with E-state index in [9.17, 15) is 14.0 Å². The predicted molar refractivity (Wildman–Crippen MR) is 97.8 cm³/mol. The third-order valence-corrected chi connectivity index (χ3v) is 4.13. The summed E-state index contributed by atoms with van der Waals surface area (Å²) in [6.07, 6.45) is 2.98. The second-order valence-corrected chi connectivity index (χ2v) is 6.12. The molecule has 3 rings (SSSR count). The Labute approximate surface area is 160 Å². The van der Waals surface area contributed by atoms with Gasteiger partial charge in [0.25, 0.3) is 0 Å². The molecule has 0 N–H and O–H groups in total. The lowest BCUT2D eigenvalue weighted by Crippen LogP contribution is -2.12. The van der Waals surface area contributed by atoms with Gasteiger partial charge in [0.2, 0.25) is 0 Å². The van der Waals surface area contributed by atoms with Crippen LogP contribution in [-0.2, 0) is 9.53 Å². The summed E-state index contributed by atoms with van der Waals surface area (Å²) in [6, 6.07) is 8.98. The molecule has 0 fully saturated rings. The van der Waals surface area contributed by atoms with Crippen LogP contribution in [-0.4, -0.2) is 31.6 Å². The van der Waals surface area contributed by atoms with Crippen molar-refractivity contribution in [2.45, 2.75) is 6.42 Å². The van der Waals surface area contributed by atoms with Crippen molar-refractivity contribution >= 4 is 29.4 Å². The molecule has 0 bridgehead atoms. The molecule has 2 aromatic rings. The zero-order valence-electron chi connectivity index (χ0n) is 14.2. The van der Waals surface area contributed by atoms with Gasteiger partial charge in [-0.2, -0.15) is 0 Å². The van der Waals surface area contributed by atoms with E-state index in [1.165, 1.54) is 24.3 Å². The smallest absolute Gasteiger partial charge is 0.331 e. The molecule has 0 unspecified atom stereocenters. The van der Waals surface area contributed by atoms with Crippen molar-refractivity contribution in [3.8, 4) is 11.5 Å². The zero-order valence-corrected chi connectivity index (χ0v) is 15.0. The molecule has 1 aliphatic rings. The maximum atomic E-state index is 13.6. The molecule has 0 radical (unpaired) electrons. The van der Waals surface area contributed by atoms with Crippen LogP contribution in [0.1, 0.15) is 22.3 Å². The van der Waals surface area contributed by atoms with Gasteiger partial charge in [-0.15, -0.1) is 0 Å². The molecule has 140 valence electrons. The summed E-state index contributed by atoms with van der Waals surface area (Å²) in [5.74, 6) is -0.673. The minimum Gasteiger partial charge on any atom is -0.490 e. The number of Topliss-reactive ketones (excluding diaryl/α,β-unsaturated/α-hetero) is 1. The van der Waals surface area contributed by atoms with Crippen molar-refractivity contribution in [2.75, 3.05) is 19.8 Å². The lowest BCUT2D eigenvalue weighted by molar-refractivity contribution is -0.136. The van der Waals surface area contributed by atoms with Crippen LogP contribution in [0.15, 0.2) is 42.5 Å². The predicted octanol–water partition coefficient (Wildman–Crippen LogP) is 4.08. The first-order valence-electron chi connectivity index (χ1n) is 8.26. The first-order chi connectivity index (χ1) is 13.0. The van der Waals surface area contributed by atoms with Crippen molar-refractivity contribution in [1.29, 1.82) is 0 Å². The number of ether oxygens (including phenoxy) is 3. The number of fused-ring (bicyclic) bond motifs is 1. The third-order valence-electron chi connectivity index (χ3n) is 3.80. The number of ketones is 1. The van der Waals surface area contributed by atoms with Crippen LogP contribution in [0.2, 0.25) is 5.02 Å². The van der Waals surface area contributed by atoms with E-state index >= 15 is 0 Å². The summed E-state index contributed by atoms with van der Waals surface area (Å²) in [7, 11) is 0. The molecule has 0 atom stereocenters. The summed E-state index contributed by atoms with van der Waals surface area (Å²) in [5, 5.41) is 0.169. The van der Waals surface area contributed by atoms with Crippen molar-refractivity contribution in [3.05, 3.63) is 64.4 Å². The molecule has 0 saturated carbocycles. The van der Waals surface area contributed by atoms with E-state index in [4.69, 9.17) is 25.8 Å². The van der Waals surface area contributed by atoms with Crippen molar-refractivity contribution in [2.24, 2.45) is 0 Å². The summed E-state index contributed by atoms with van der Waals surface area (Å²) in [6.45, 7) is 0.604. The first-order valence-corrected chi connectivity index (χ1v) is 8.64. The number of hydrogen-bond donors (Lipinski definition) is 0. The van der Waals surface area contributed by atoms with E-state index in [-0.39, 0.29) is 10.6 Å². The average Bonchev–Trinajstić information content (AvgIpc) is 2.90. The Bertz CT molecular complexity index is 874. The summed E-state index contributed by atoms with van der Waals surface area (Å²) in [4.78, 5) is 24.0. The Kier molecular flexibility index (Phi) is 6.08. The summed E-state index contributed by atoms with van der Waals surface area (Å²) in [5.41, 5.74) is 0.415. The highest BCUT2D eigenvalue weighted by atomic mass is 35.5. The largest absolute Gasteiger partial charge is 0.490 e. The van der Waals surface area contributed by atoms with E-state index in [1.54, 1.807) is 18.2 Å². The summed E-state index contributed by atoms with van der Waals surface area (Å²) >= 11 is 5.87. The molecule has 0 amide bonds. The van der Waals surface area contributed by atoms with Crippen molar-refractivity contribution < 1.29 is 28.2 Å². The lowest BCUT2D eigenvalue weighted by atomic mass is 10.1. The van der Waals surface area contributed by atoms with E-state index < -0.39 is 24.2 Å². The van der Waals surface area contributed by atoms with Crippen molar-refractivity contribution in [3.63, 3.8) is 0 Å². The highest BCUT2D eigenvalue weighted by Crippen LogP contribution is 2.30. The molecule has 7 heteroatoms. The summed E-state index contributed by atoms with van der Waals surface area (Å²) < 4.78 is 29.6. The van der Waals surface area contributed by atoms with E-state index in [0.717, 1.165) is 12.5 Å².